The van der Waals surface area contributed by atoms with Crippen LogP contribution in [0, 0.1) is 5.92 Å². The molecule has 1 heterocycles. The van der Waals surface area contributed by atoms with E-state index in [0.717, 1.165) is 43.2 Å². The quantitative estimate of drug-likeness (QED) is 0.176. The third kappa shape index (κ3) is 8.88. The highest BCUT2D eigenvalue weighted by Crippen LogP contribution is 2.23. The number of piperidine rings is 1. The van der Waals surface area contributed by atoms with E-state index in [0.29, 0.717) is 11.3 Å². The lowest BCUT2D eigenvalue weighted by Gasteiger charge is -2.32. The van der Waals surface area contributed by atoms with Crippen LogP contribution in [-0.2, 0) is 17.8 Å². The van der Waals surface area contributed by atoms with E-state index in [2.05, 4.69) is 51.1 Å². The zero-order valence-electron chi connectivity index (χ0n) is 23.6. The molecule has 0 aromatic heterocycles. The fourth-order valence-electron chi connectivity index (χ4n) is 5.06. The van der Waals surface area contributed by atoms with Crippen LogP contribution in [0.4, 0.5) is 5.69 Å². The average molecular weight is 561 g/mol. The van der Waals surface area contributed by atoms with Crippen LogP contribution in [0.15, 0.2) is 114 Å². The summed E-state index contributed by atoms with van der Waals surface area (Å²) in [5, 5.41) is 6.86. The number of rotatable bonds is 11. The molecular formula is C35H36N4O3. The Labute approximate surface area is 247 Å². The van der Waals surface area contributed by atoms with Gasteiger partial charge in [0.1, 0.15) is 5.75 Å². The Morgan fingerprint density at radius 3 is 2.17 bits per heavy atom. The maximum absolute atomic E-state index is 12.6. The molecule has 1 aliphatic rings. The fraction of sp³-hybridized carbons (Fsp3) is 0.229. The molecule has 0 spiro atoms. The Morgan fingerprint density at radius 2 is 1.48 bits per heavy atom. The summed E-state index contributed by atoms with van der Waals surface area (Å²) in [6.45, 7) is 3.01. The van der Waals surface area contributed by atoms with Gasteiger partial charge in [0.25, 0.3) is 11.8 Å². The van der Waals surface area contributed by atoms with Gasteiger partial charge in [-0.1, -0.05) is 60.7 Å². The highest BCUT2D eigenvalue weighted by Gasteiger charge is 2.19. The van der Waals surface area contributed by atoms with Crippen LogP contribution in [0.25, 0.3) is 0 Å². The molecule has 2 N–H and O–H groups in total. The minimum Gasteiger partial charge on any atom is -0.484 e. The van der Waals surface area contributed by atoms with Crippen molar-refractivity contribution >= 4 is 23.7 Å². The first-order valence-electron chi connectivity index (χ1n) is 14.4. The van der Waals surface area contributed by atoms with Gasteiger partial charge in [0.15, 0.2) is 6.61 Å². The molecule has 7 nitrogen and oxygen atoms in total. The SMILES string of the molecule is O=C(COc1ccc(/C=N\NC(=O)c2ccc(CN3CCC(Cc4ccccc4)CC3)cc2)cc1)Nc1ccccc1. The van der Waals surface area contributed by atoms with Crippen LogP contribution in [-0.4, -0.2) is 42.6 Å². The number of hydrogen-bond donors (Lipinski definition) is 2. The van der Waals surface area contributed by atoms with Gasteiger partial charge in [0, 0.05) is 17.8 Å². The van der Waals surface area contributed by atoms with Crippen molar-refractivity contribution in [2.45, 2.75) is 25.8 Å². The third-order valence-corrected chi connectivity index (χ3v) is 7.38. The molecule has 4 aromatic carbocycles. The number of ether oxygens (including phenoxy) is 1. The average Bonchev–Trinajstić information content (AvgIpc) is 3.03. The van der Waals surface area contributed by atoms with Crippen LogP contribution in [0.3, 0.4) is 0 Å². The monoisotopic (exact) mass is 560 g/mol. The van der Waals surface area contributed by atoms with Gasteiger partial charge in [0.2, 0.25) is 0 Å². The summed E-state index contributed by atoms with van der Waals surface area (Å²) in [6.07, 6.45) is 5.17. The van der Waals surface area contributed by atoms with Crippen molar-refractivity contribution in [1.82, 2.24) is 10.3 Å². The Kier molecular flexibility index (Phi) is 10.1. The Morgan fingerprint density at radius 1 is 0.810 bits per heavy atom. The first-order valence-corrected chi connectivity index (χ1v) is 14.4. The highest BCUT2D eigenvalue weighted by atomic mass is 16.5. The second-order valence-electron chi connectivity index (χ2n) is 10.6. The standard InChI is InChI=1S/C35H36N4O3/c40-34(37-32-9-5-2-6-10-32)26-42-33-17-13-29(14-18-33)24-36-38-35(41)31-15-11-30(12-16-31)25-39-21-19-28(20-22-39)23-27-7-3-1-4-8-27/h1-18,24,28H,19-23,25-26H2,(H,37,40)(H,38,41)/b36-24-. The fourth-order valence-corrected chi connectivity index (χ4v) is 5.06. The number of para-hydroxylation sites is 1. The Hall–Kier alpha value is -4.75. The minimum absolute atomic E-state index is 0.0928. The van der Waals surface area contributed by atoms with Crippen molar-refractivity contribution < 1.29 is 14.3 Å². The first kappa shape index (κ1) is 28.8. The number of hydrogen-bond acceptors (Lipinski definition) is 5. The van der Waals surface area contributed by atoms with Gasteiger partial charge < -0.3 is 10.1 Å². The number of nitrogens with zero attached hydrogens (tertiary/aromatic N) is 2. The number of hydrazone groups is 1. The molecule has 0 aliphatic carbocycles. The molecule has 1 saturated heterocycles. The van der Waals surface area contributed by atoms with Crippen molar-refractivity contribution in [1.29, 1.82) is 0 Å². The number of likely N-dealkylation sites (tertiary alicyclic amines) is 1. The summed E-state index contributed by atoms with van der Waals surface area (Å²) >= 11 is 0. The summed E-state index contributed by atoms with van der Waals surface area (Å²) in [6, 6.07) is 34.9. The van der Waals surface area contributed by atoms with Crippen LogP contribution in [0.1, 0.15) is 39.9 Å². The molecule has 0 atom stereocenters. The number of benzene rings is 4. The molecule has 1 aliphatic heterocycles. The van der Waals surface area contributed by atoms with E-state index in [4.69, 9.17) is 4.74 Å². The van der Waals surface area contributed by atoms with Crippen LogP contribution >= 0.6 is 0 Å². The number of carbonyl (C=O) groups excluding carboxylic acids is 2. The van der Waals surface area contributed by atoms with Crippen LogP contribution in [0.2, 0.25) is 0 Å². The minimum atomic E-state index is -0.260. The van der Waals surface area contributed by atoms with Crippen molar-refractivity contribution in [2.24, 2.45) is 11.0 Å². The number of carbonyl (C=O) groups is 2. The van der Waals surface area contributed by atoms with E-state index in [1.165, 1.54) is 24.0 Å². The van der Waals surface area contributed by atoms with Crippen molar-refractivity contribution in [2.75, 3.05) is 25.0 Å². The third-order valence-electron chi connectivity index (χ3n) is 7.38. The zero-order chi connectivity index (χ0) is 29.0. The van der Waals surface area contributed by atoms with E-state index < -0.39 is 0 Å². The largest absolute Gasteiger partial charge is 0.484 e. The second kappa shape index (κ2) is 14.8. The van der Waals surface area contributed by atoms with Gasteiger partial charge in [0.05, 0.1) is 6.21 Å². The lowest BCUT2D eigenvalue weighted by molar-refractivity contribution is -0.118. The van der Waals surface area contributed by atoms with Gasteiger partial charge in [-0.3, -0.25) is 14.5 Å². The topological polar surface area (TPSA) is 83.0 Å². The van der Waals surface area contributed by atoms with Gasteiger partial charge in [-0.15, -0.1) is 0 Å². The summed E-state index contributed by atoms with van der Waals surface area (Å²) < 4.78 is 5.55. The lowest BCUT2D eigenvalue weighted by atomic mass is 9.90. The highest BCUT2D eigenvalue weighted by molar-refractivity contribution is 5.95. The predicted octanol–water partition coefficient (Wildman–Crippen LogP) is 5.92. The molecule has 0 saturated carbocycles. The van der Waals surface area contributed by atoms with E-state index in [-0.39, 0.29) is 18.4 Å². The van der Waals surface area contributed by atoms with Crippen molar-refractivity contribution in [3.8, 4) is 5.75 Å². The van der Waals surface area contributed by atoms with Gasteiger partial charge in [-0.05, 0) is 103 Å². The van der Waals surface area contributed by atoms with E-state index in [9.17, 15) is 9.59 Å². The molecule has 2 amide bonds. The molecule has 214 valence electrons. The Balaban J connectivity index is 1.01. The van der Waals surface area contributed by atoms with Gasteiger partial charge >= 0.3 is 0 Å². The lowest BCUT2D eigenvalue weighted by Crippen LogP contribution is -2.33. The number of anilines is 1. The molecular weight excluding hydrogens is 524 g/mol. The van der Waals surface area contributed by atoms with E-state index in [1.807, 2.05) is 54.6 Å². The molecule has 1 fully saturated rings. The maximum Gasteiger partial charge on any atom is 0.271 e. The summed E-state index contributed by atoms with van der Waals surface area (Å²) in [5.41, 5.74) is 7.30. The summed E-state index contributed by atoms with van der Waals surface area (Å²) in [7, 11) is 0. The van der Waals surface area contributed by atoms with Crippen LogP contribution in [0.5, 0.6) is 5.75 Å². The smallest absolute Gasteiger partial charge is 0.271 e. The molecule has 4 aromatic rings. The Bertz CT molecular complexity index is 1450. The molecule has 0 radical (unpaired) electrons. The van der Waals surface area contributed by atoms with Crippen molar-refractivity contribution in [3.63, 3.8) is 0 Å². The summed E-state index contributed by atoms with van der Waals surface area (Å²) in [5.74, 6) is 0.821. The number of nitrogens with one attached hydrogen (secondary N) is 2. The maximum atomic E-state index is 12.6. The zero-order valence-corrected chi connectivity index (χ0v) is 23.6. The van der Waals surface area contributed by atoms with Crippen LogP contribution < -0.4 is 15.5 Å². The molecule has 5 rings (SSSR count). The predicted molar refractivity (Wildman–Crippen MR) is 167 cm³/mol. The molecule has 0 unspecified atom stereocenters. The number of amides is 2. The molecule has 42 heavy (non-hydrogen) atoms. The normalized spacial score (nSPS) is 14.0. The summed E-state index contributed by atoms with van der Waals surface area (Å²) in [4.78, 5) is 27.1. The molecule has 0 bridgehead atoms. The van der Waals surface area contributed by atoms with E-state index in [1.54, 1.807) is 30.5 Å². The van der Waals surface area contributed by atoms with Gasteiger partial charge in [-0.25, -0.2) is 5.43 Å². The second-order valence-corrected chi connectivity index (χ2v) is 10.6. The van der Waals surface area contributed by atoms with E-state index >= 15 is 0 Å². The van der Waals surface area contributed by atoms with Crippen molar-refractivity contribution in [3.05, 3.63) is 131 Å². The first-order chi connectivity index (χ1) is 20.6. The van der Waals surface area contributed by atoms with Gasteiger partial charge in [-0.2, -0.15) is 5.10 Å². The molecule has 7 heteroatoms.